The Balaban J connectivity index is 1.11. The molecule has 1 aromatic heterocycles. The largest absolute Gasteiger partial charge is 0.493 e. The maximum atomic E-state index is 12.9. The van der Waals surface area contributed by atoms with E-state index in [4.69, 9.17) is 9.47 Å². The first kappa shape index (κ1) is 20.5. The molecule has 0 spiro atoms. The number of benzene rings is 2. The van der Waals surface area contributed by atoms with E-state index in [0.717, 1.165) is 62.8 Å². The van der Waals surface area contributed by atoms with Gasteiger partial charge in [-0.15, -0.1) is 0 Å². The van der Waals surface area contributed by atoms with Crippen molar-refractivity contribution in [3.8, 4) is 11.5 Å². The van der Waals surface area contributed by atoms with Gasteiger partial charge in [0.15, 0.2) is 0 Å². The predicted molar refractivity (Wildman–Crippen MR) is 122 cm³/mol. The summed E-state index contributed by atoms with van der Waals surface area (Å²) in [6.07, 6.45) is 4.53. The molecule has 0 bridgehead atoms. The molecular formula is C26H27N3O3. The zero-order valence-corrected chi connectivity index (χ0v) is 18.1. The van der Waals surface area contributed by atoms with E-state index in [9.17, 15) is 4.79 Å². The Hall–Kier alpha value is -3.38. The molecular weight excluding hydrogens is 402 g/mol. The third-order valence-corrected chi connectivity index (χ3v) is 6.05. The zero-order chi connectivity index (χ0) is 21.8. The molecule has 3 heterocycles. The maximum Gasteiger partial charge on any atom is 0.253 e. The van der Waals surface area contributed by atoms with Crippen LogP contribution in [0.4, 0.5) is 0 Å². The van der Waals surface area contributed by atoms with Crippen LogP contribution < -0.4 is 9.47 Å². The average Bonchev–Trinajstić information content (AvgIpc) is 3.32. The highest BCUT2D eigenvalue weighted by molar-refractivity contribution is 5.94. The van der Waals surface area contributed by atoms with Crippen LogP contribution in [0.3, 0.4) is 0 Å². The Labute approximate surface area is 188 Å². The molecule has 1 fully saturated rings. The highest BCUT2D eigenvalue weighted by atomic mass is 16.5. The van der Waals surface area contributed by atoms with E-state index >= 15 is 0 Å². The number of aromatic nitrogens is 1. The number of ether oxygens (including phenoxy) is 2. The Morgan fingerprint density at radius 1 is 1.00 bits per heavy atom. The van der Waals surface area contributed by atoms with Crippen LogP contribution in [0.15, 0.2) is 67.0 Å². The molecule has 0 N–H and O–H groups in total. The SMILES string of the molecule is O=C(c1ccc(OCc2cccnc2)cc1)N1CCN(Cc2ccc3c(c2)CCO3)CC1. The van der Waals surface area contributed by atoms with Crippen LogP contribution >= 0.6 is 0 Å². The van der Waals surface area contributed by atoms with Gasteiger partial charge in [0.1, 0.15) is 18.1 Å². The second-order valence-corrected chi connectivity index (χ2v) is 8.28. The van der Waals surface area contributed by atoms with Crippen molar-refractivity contribution in [2.75, 3.05) is 32.8 Å². The number of nitrogens with zero attached hydrogens (tertiary/aromatic N) is 3. The van der Waals surface area contributed by atoms with Crippen molar-refractivity contribution in [1.29, 1.82) is 0 Å². The van der Waals surface area contributed by atoms with Crippen LogP contribution in [0.2, 0.25) is 0 Å². The molecule has 2 aliphatic rings. The molecule has 32 heavy (non-hydrogen) atoms. The summed E-state index contributed by atoms with van der Waals surface area (Å²) in [6, 6.07) is 17.8. The molecule has 2 aliphatic heterocycles. The second-order valence-electron chi connectivity index (χ2n) is 8.28. The monoisotopic (exact) mass is 429 g/mol. The normalized spacial score (nSPS) is 15.8. The molecule has 0 saturated carbocycles. The molecule has 6 heteroatoms. The van der Waals surface area contributed by atoms with Crippen LogP contribution in [0, 0.1) is 0 Å². The van der Waals surface area contributed by atoms with E-state index in [1.807, 2.05) is 41.3 Å². The van der Waals surface area contributed by atoms with E-state index in [0.29, 0.717) is 12.2 Å². The minimum absolute atomic E-state index is 0.0816. The van der Waals surface area contributed by atoms with Gasteiger partial charge in [-0.05, 0) is 47.5 Å². The summed E-state index contributed by atoms with van der Waals surface area (Å²) in [5.74, 6) is 1.85. The van der Waals surface area contributed by atoms with Crippen LogP contribution in [-0.4, -0.2) is 53.5 Å². The van der Waals surface area contributed by atoms with Crippen molar-refractivity contribution in [3.63, 3.8) is 0 Å². The van der Waals surface area contributed by atoms with E-state index in [-0.39, 0.29) is 5.91 Å². The number of carbonyl (C=O) groups is 1. The first-order valence-electron chi connectivity index (χ1n) is 11.1. The van der Waals surface area contributed by atoms with Gasteiger partial charge in [0.25, 0.3) is 5.91 Å². The summed E-state index contributed by atoms with van der Waals surface area (Å²) in [4.78, 5) is 21.4. The summed E-state index contributed by atoms with van der Waals surface area (Å²) >= 11 is 0. The first-order valence-corrected chi connectivity index (χ1v) is 11.1. The summed E-state index contributed by atoms with van der Waals surface area (Å²) in [6.45, 7) is 5.41. The van der Waals surface area contributed by atoms with Crippen LogP contribution in [-0.2, 0) is 19.6 Å². The number of piperazine rings is 1. The third kappa shape index (κ3) is 4.75. The lowest BCUT2D eigenvalue weighted by atomic mass is 10.1. The van der Waals surface area contributed by atoms with Gasteiger partial charge in [-0.3, -0.25) is 14.7 Å². The fraction of sp³-hybridized carbons (Fsp3) is 0.308. The zero-order valence-electron chi connectivity index (χ0n) is 18.1. The van der Waals surface area contributed by atoms with Crippen LogP contribution in [0.1, 0.15) is 27.0 Å². The Kier molecular flexibility index (Phi) is 6.03. The van der Waals surface area contributed by atoms with E-state index in [1.165, 1.54) is 11.1 Å². The lowest BCUT2D eigenvalue weighted by Crippen LogP contribution is -2.48. The average molecular weight is 430 g/mol. The molecule has 1 saturated heterocycles. The summed E-state index contributed by atoms with van der Waals surface area (Å²) in [7, 11) is 0. The fourth-order valence-corrected chi connectivity index (χ4v) is 4.23. The van der Waals surface area contributed by atoms with Gasteiger partial charge in [-0.25, -0.2) is 0 Å². The van der Waals surface area contributed by atoms with E-state index in [2.05, 4.69) is 28.1 Å². The third-order valence-electron chi connectivity index (χ3n) is 6.05. The molecule has 5 rings (SSSR count). The Morgan fingerprint density at radius 2 is 1.84 bits per heavy atom. The van der Waals surface area contributed by atoms with Gasteiger partial charge >= 0.3 is 0 Å². The van der Waals surface area contributed by atoms with Crippen molar-refractivity contribution in [1.82, 2.24) is 14.8 Å². The highest BCUT2D eigenvalue weighted by Crippen LogP contribution is 2.26. The maximum absolute atomic E-state index is 12.9. The minimum atomic E-state index is 0.0816. The van der Waals surface area contributed by atoms with Gasteiger partial charge in [0.2, 0.25) is 0 Å². The van der Waals surface area contributed by atoms with Crippen molar-refractivity contribution in [2.45, 2.75) is 19.6 Å². The van der Waals surface area contributed by atoms with Gasteiger partial charge in [-0.1, -0.05) is 18.2 Å². The van der Waals surface area contributed by atoms with Crippen molar-refractivity contribution >= 4 is 5.91 Å². The molecule has 2 aromatic carbocycles. The van der Waals surface area contributed by atoms with Gasteiger partial charge in [0, 0.05) is 62.7 Å². The number of pyridine rings is 1. The van der Waals surface area contributed by atoms with Crippen molar-refractivity contribution < 1.29 is 14.3 Å². The smallest absolute Gasteiger partial charge is 0.253 e. The Bertz CT molecular complexity index is 1060. The summed E-state index contributed by atoms with van der Waals surface area (Å²) in [5.41, 5.74) is 4.34. The molecule has 0 atom stereocenters. The fourth-order valence-electron chi connectivity index (χ4n) is 4.23. The topological polar surface area (TPSA) is 54.9 Å². The molecule has 6 nitrogen and oxygen atoms in total. The van der Waals surface area contributed by atoms with Gasteiger partial charge in [-0.2, -0.15) is 0 Å². The van der Waals surface area contributed by atoms with Crippen LogP contribution in [0.25, 0.3) is 0 Å². The predicted octanol–water partition coefficient (Wildman–Crippen LogP) is 3.55. The van der Waals surface area contributed by atoms with E-state index in [1.54, 1.807) is 12.4 Å². The quantitative estimate of drug-likeness (QED) is 0.600. The number of carbonyl (C=O) groups excluding carboxylic acids is 1. The molecule has 0 unspecified atom stereocenters. The molecule has 164 valence electrons. The lowest BCUT2D eigenvalue weighted by molar-refractivity contribution is 0.0628. The molecule has 0 radical (unpaired) electrons. The minimum Gasteiger partial charge on any atom is -0.493 e. The van der Waals surface area contributed by atoms with Crippen molar-refractivity contribution in [2.24, 2.45) is 0 Å². The lowest BCUT2D eigenvalue weighted by Gasteiger charge is -2.34. The van der Waals surface area contributed by atoms with Gasteiger partial charge in [0.05, 0.1) is 6.61 Å². The summed E-state index contributed by atoms with van der Waals surface area (Å²) < 4.78 is 11.4. The molecule has 0 aliphatic carbocycles. The number of fused-ring (bicyclic) bond motifs is 1. The molecule has 1 amide bonds. The first-order chi connectivity index (χ1) is 15.7. The number of hydrogen-bond donors (Lipinski definition) is 0. The second kappa shape index (κ2) is 9.40. The molecule has 3 aromatic rings. The number of hydrogen-bond acceptors (Lipinski definition) is 5. The van der Waals surface area contributed by atoms with Crippen molar-refractivity contribution in [3.05, 3.63) is 89.2 Å². The highest BCUT2D eigenvalue weighted by Gasteiger charge is 2.22. The summed E-state index contributed by atoms with van der Waals surface area (Å²) in [5, 5.41) is 0. The Morgan fingerprint density at radius 3 is 2.62 bits per heavy atom. The van der Waals surface area contributed by atoms with Gasteiger partial charge < -0.3 is 14.4 Å². The standard InChI is InChI=1S/C26H27N3O3/c30-26(22-4-6-24(7-5-22)32-19-21-2-1-10-27-17-21)29-13-11-28(12-14-29)18-20-3-8-25-23(16-20)9-15-31-25/h1-8,10,16-17H,9,11-15,18-19H2. The van der Waals surface area contributed by atoms with Crippen LogP contribution in [0.5, 0.6) is 11.5 Å². The van der Waals surface area contributed by atoms with E-state index < -0.39 is 0 Å². The number of rotatable bonds is 6. The number of amides is 1.